The van der Waals surface area contributed by atoms with Crippen LogP contribution in [-0.2, 0) is 6.42 Å². The maximum Gasteiger partial charge on any atom is 0.251 e. The molecule has 2 heterocycles. The number of thiophene rings is 1. The molecule has 1 aliphatic heterocycles. The molecule has 1 atom stereocenters. The van der Waals surface area contributed by atoms with E-state index in [0.717, 1.165) is 43.6 Å². The number of aryl methyl sites for hydroxylation is 1. The number of hydrogen-bond donors (Lipinski definition) is 1. The number of carbonyl (C=O) groups excluding carboxylic acids is 1. The zero-order valence-electron chi connectivity index (χ0n) is 11.0. The first-order chi connectivity index (χ1) is 10.1. The number of rotatable bonds is 2. The smallest absolute Gasteiger partial charge is 0.251 e. The normalized spacial score (nSPS) is 16.0. The van der Waals surface area contributed by atoms with Crippen molar-refractivity contribution in [3.8, 4) is 0 Å². The topological polar surface area (TPSA) is 29.1 Å². The minimum atomic E-state index is 0.0367. The molecule has 0 radical (unpaired) electrons. The number of benzene rings is 1. The molecule has 1 aliphatic rings. The largest absolute Gasteiger partial charge is 0.352 e. The molecule has 0 saturated carbocycles. The van der Waals surface area contributed by atoms with Crippen LogP contribution in [0.25, 0.3) is 0 Å². The standard InChI is InChI=1S/C15H12Br3NOS/c16-12-7-11(14(18)21-12)13(17)9-4-3-8-2-1-5-19-15(20)10(8)6-9/h3-4,6-7,13H,1-2,5H2,(H,19,20). The van der Waals surface area contributed by atoms with Gasteiger partial charge in [-0.05, 0) is 73.5 Å². The van der Waals surface area contributed by atoms with E-state index in [1.165, 1.54) is 5.56 Å². The van der Waals surface area contributed by atoms with E-state index in [9.17, 15) is 4.79 Å². The van der Waals surface area contributed by atoms with Crippen molar-refractivity contribution < 1.29 is 4.79 Å². The Balaban J connectivity index is 2.00. The van der Waals surface area contributed by atoms with Gasteiger partial charge in [-0.1, -0.05) is 28.1 Å². The van der Waals surface area contributed by atoms with Crippen LogP contribution in [0, 0.1) is 0 Å². The number of fused-ring (bicyclic) bond motifs is 1. The SMILES string of the molecule is O=C1NCCCc2ccc(C(Br)c3cc(Br)sc3Br)cc21. The Morgan fingerprint density at radius 1 is 1.24 bits per heavy atom. The first-order valence-electron chi connectivity index (χ1n) is 6.56. The Bertz CT molecular complexity index is 698. The van der Waals surface area contributed by atoms with Crippen LogP contribution in [0.4, 0.5) is 0 Å². The summed E-state index contributed by atoms with van der Waals surface area (Å²) in [5, 5.41) is 2.95. The van der Waals surface area contributed by atoms with Gasteiger partial charge in [0.1, 0.15) is 0 Å². The summed E-state index contributed by atoms with van der Waals surface area (Å²) in [5.74, 6) is 0.0367. The fourth-order valence-corrected chi connectivity index (χ4v) is 6.47. The molecule has 2 nitrogen and oxygen atoms in total. The first kappa shape index (κ1) is 15.7. The number of halogens is 3. The third-order valence-electron chi connectivity index (χ3n) is 3.54. The third kappa shape index (κ3) is 3.28. The fourth-order valence-electron chi connectivity index (χ4n) is 2.46. The molecular weight excluding hydrogens is 482 g/mol. The lowest BCUT2D eigenvalue weighted by molar-refractivity contribution is 0.0956. The lowest BCUT2D eigenvalue weighted by atomic mass is 9.98. The van der Waals surface area contributed by atoms with Crippen LogP contribution >= 0.6 is 59.1 Å². The van der Waals surface area contributed by atoms with Crippen LogP contribution in [0.3, 0.4) is 0 Å². The molecule has 3 rings (SSSR count). The summed E-state index contributed by atoms with van der Waals surface area (Å²) in [6, 6.07) is 8.29. The summed E-state index contributed by atoms with van der Waals surface area (Å²) >= 11 is 12.5. The molecule has 0 aliphatic carbocycles. The van der Waals surface area contributed by atoms with Crippen LogP contribution in [0.5, 0.6) is 0 Å². The molecule has 110 valence electrons. The van der Waals surface area contributed by atoms with Gasteiger partial charge in [0, 0.05) is 12.1 Å². The molecule has 1 aromatic heterocycles. The van der Waals surface area contributed by atoms with E-state index >= 15 is 0 Å². The highest BCUT2D eigenvalue weighted by Gasteiger charge is 2.20. The van der Waals surface area contributed by atoms with E-state index in [4.69, 9.17) is 0 Å². The molecular formula is C15H12Br3NOS. The molecule has 21 heavy (non-hydrogen) atoms. The number of amides is 1. The Labute approximate surface area is 152 Å². The maximum atomic E-state index is 12.1. The Kier molecular flexibility index (Phi) is 4.88. The molecule has 6 heteroatoms. The molecule has 0 spiro atoms. The second-order valence-electron chi connectivity index (χ2n) is 4.92. The van der Waals surface area contributed by atoms with E-state index < -0.39 is 0 Å². The molecule has 0 saturated heterocycles. The second kappa shape index (κ2) is 6.52. The average molecular weight is 494 g/mol. The first-order valence-corrected chi connectivity index (χ1v) is 9.88. The van der Waals surface area contributed by atoms with Gasteiger partial charge in [0.05, 0.1) is 12.4 Å². The summed E-state index contributed by atoms with van der Waals surface area (Å²) in [7, 11) is 0. The van der Waals surface area contributed by atoms with Crippen molar-refractivity contribution in [1.82, 2.24) is 5.32 Å². The highest BCUT2D eigenvalue weighted by molar-refractivity contribution is 9.12. The Morgan fingerprint density at radius 2 is 2.05 bits per heavy atom. The van der Waals surface area contributed by atoms with Crippen LogP contribution in [-0.4, -0.2) is 12.5 Å². The summed E-state index contributed by atoms with van der Waals surface area (Å²) in [4.78, 5) is 12.2. The number of hydrogen-bond acceptors (Lipinski definition) is 2. The maximum absolute atomic E-state index is 12.1. The fraction of sp³-hybridized carbons (Fsp3) is 0.267. The van der Waals surface area contributed by atoms with Crippen molar-refractivity contribution in [2.24, 2.45) is 0 Å². The van der Waals surface area contributed by atoms with Crippen LogP contribution in [0.2, 0.25) is 0 Å². The number of alkyl halides is 1. The molecule has 0 fully saturated rings. The summed E-state index contributed by atoms with van der Waals surface area (Å²) < 4.78 is 2.18. The van der Waals surface area contributed by atoms with Gasteiger partial charge < -0.3 is 5.32 Å². The van der Waals surface area contributed by atoms with Crippen LogP contribution in [0.15, 0.2) is 31.8 Å². The van der Waals surface area contributed by atoms with Gasteiger partial charge in [-0.15, -0.1) is 11.3 Å². The van der Waals surface area contributed by atoms with Gasteiger partial charge in [-0.3, -0.25) is 4.79 Å². The van der Waals surface area contributed by atoms with Crippen molar-refractivity contribution >= 4 is 65.0 Å². The van der Waals surface area contributed by atoms with Gasteiger partial charge in [-0.2, -0.15) is 0 Å². The molecule has 1 amide bonds. The van der Waals surface area contributed by atoms with Gasteiger partial charge >= 0.3 is 0 Å². The zero-order valence-corrected chi connectivity index (χ0v) is 16.5. The van der Waals surface area contributed by atoms with Crippen LogP contribution < -0.4 is 5.32 Å². The van der Waals surface area contributed by atoms with Gasteiger partial charge in [-0.25, -0.2) is 0 Å². The lowest BCUT2D eigenvalue weighted by Gasteiger charge is -2.13. The molecule has 0 bridgehead atoms. The van der Waals surface area contributed by atoms with Crippen molar-refractivity contribution in [2.75, 3.05) is 6.54 Å². The van der Waals surface area contributed by atoms with E-state index in [1.54, 1.807) is 11.3 Å². The van der Waals surface area contributed by atoms with Crippen molar-refractivity contribution in [1.29, 1.82) is 0 Å². The van der Waals surface area contributed by atoms with Gasteiger partial charge in [0.2, 0.25) is 0 Å². The highest BCUT2D eigenvalue weighted by atomic mass is 79.9. The van der Waals surface area contributed by atoms with E-state index in [0.29, 0.717) is 0 Å². The van der Waals surface area contributed by atoms with Gasteiger partial charge in [0.25, 0.3) is 5.91 Å². The van der Waals surface area contributed by atoms with Crippen molar-refractivity contribution in [3.05, 3.63) is 54.1 Å². The minimum absolute atomic E-state index is 0.0367. The molecule has 1 unspecified atom stereocenters. The van der Waals surface area contributed by atoms with E-state index in [2.05, 4.69) is 71.3 Å². The van der Waals surface area contributed by atoms with Crippen LogP contribution in [0.1, 0.15) is 38.3 Å². The summed E-state index contributed by atoms with van der Waals surface area (Å²) in [6.07, 6.45) is 1.95. The zero-order chi connectivity index (χ0) is 15.0. The minimum Gasteiger partial charge on any atom is -0.352 e. The Morgan fingerprint density at radius 3 is 2.76 bits per heavy atom. The molecule has 2 aromatic rings. The monoisotopic (exact) mass is 491 g/mol. The highest BCUT2D eigenvalue weighted by Crippen LogP contribution is 2.42. The summed E-state index contributed by atoms with van der Waals surface area (Å²) in [5.41, 5.74) is 4.21. The summed E-state index contributed by atoms with van der Waals surface area (Å²) in [6.45, 7) is 0.754. The second-order valence-corrected chi connectivity index (χ2v) is 9.58. The third-order valence-corrected chi connectivity index (χ3v) is 6.94. The van der Waals surface area contributed by atoms with Crippen molar-refractivity contribution in [3.63, 3.8) is 0 Å². The lowest BCUT2D eigenvalue weighted by Crippen LogP contribution is -2.22. The Hall–Kier alpha value is -0.170. The molecule has 1 N–H and O–H groups in total. The molecule has 1 aromatic carbocycles. The van der Waals surface area contributed by atoms with Gasteiger partial charge in [0.15, 0.2) is 0 Å². The van der Waals surface area contributed by atoms with E-state index in [-0.39, 0.29) is 10.7 Å². The van der Waals surface area contributed by atoms with Crippen molar-refractivity contribution in [2.45, 2.75) is 17.7 Å². The predicted octanol–water partition coefficient (Wildman–Crippen LogP) is 5.43. The quantitative estimate of drug-likeness (QED) is 0.555. The number of nitrogens with one attached hydrogen (secondary N) is 1. The van der Waals surface area contributed by atoms with E-state index in [1.807, 2.05) is 6.07 Å². The average Bonchev–Trinajstić information content (AvgIpc) is 2.69. The predicted molar refractivity (Wildman–Crippen MR) is 97.6 cm³/mol. The number of carbonyl (C=O) groups is 1.